The van der Waals surface area contributed by atoms with Crippen LogP contribution in [0.1, 0.15) is 26.7 Å². The molecule has 4 heteroatoms. The van der Waals surface area contributed by atoms with Crippen molar-refractivity contribution in [2.75, 3.05) is 19.6 Å². The van der Waals surface area contributed by atoms with Gasteiger partial charge in [0.15, 0.2) is 0 Å². The van der Waals surface area contributed by atoms with Gasteiger partial charge in [0, 0.05) is 38.0 Å². The van der Waals surface area contributed by atoms with Gasteiger partial charge in [-0.1, -0.05) is 6.92 Å². The van der Waals surface area contributed by atoms with Crippen molar-refractivity contribution in [2.24, 2.45) is 5.92 Å². The van der Waals surface area contributed by atoms with Crippen LogP contribution in [-0.2, 0) is 0 Å². The van der Waals surface area contributed by atoms with E-state index in [-0.39, 0.29) is 18.9 Å². The zero-order valence-corrected chi connectivity index (χ0v) is 9.47. The zero-order chi connectivity index (χ0) is 11.1. The van der Waals surface area contributed by atoms with Crippen LogP contribution < -0.4 is 5.32 Å². The molecular formula is C11H20F2N2. The maximum atomic E-state index is 13.3. The molecule has 3 atom stereocenters. The van der Waals surface area contributed by atoms with Crippen molar-refractivity contribution in [1.29, 1.82) is 0 Å². The third-order valence-corrected chi connectivity index (χ3v) is 3.93. The van der Waals surface area contributed by atoms with Crippen LogP contribution >= 0.6 is 0 Å². The van der Waals surface area contributed by atoms with Gasteiger partial charge in [0.2, 0.25) is 0 Å². The molecule has 2 aliphatic rings. The molecule has 0 aromatic rings. The van der Waals surface area contributed by atoms with E-state index < -0.39 is 5.92 Å². The van der Waals surface area contributed by atoms with E-state index in [0.717, 1.165) is 6.54 Å². The Morgan fingerprint density at radius 1 is 1.27 bits per heavy atom. The minimum atomic E-state index is -2.45. The molecule has 1 N–H and O–H groups in total. The van der Waals surface area contributed by atoms with Crippen LogP contribution in [0.4, 0.5) is 8.78 Å². The second kappa shape index (κ2) is 3.98. The molecule has 2 heterocycles. The Labute approximate surface area is 90.0 Å². The lowest BCUT2D eigenvalue weighted by Gasteiger charge is -2.42. The van der Waals surface area contributed by atoms with Crippen LogP contribution in [0.15, 0.2) is 0 Å². The van der Waals surface area contributed by atoms with E-state index in [4.69, 9.17) is 0 Å². The first-order valence-corrected chi connectivity index (χ1v) is 5.84. The summed E-state index contributed by atoms with van der Waals surface area (Å²) in [5.74, 6) is -1.91. The zero-order valence-electron chi connectivity index (χ0n) is 9.47. The maximum absolute atomic E-state index is 13.3. The van der Waals surface area contributed by atoms with Crippen molar-refractivity contribution in [3.8, 4) is 0 Å². The van der Waals surface area contributed by atoms with Gasteiger partial charge in [-0.3, -0.25) is 4.90 Å². The Bertz CT molecular complexity index is 233. The molecule has 0 aromatic carbocycles. The number of alkyl halides is 2. The highest BCUT2D eigenvalue weighted by Crippen LogP contribution is 2.34. The first kappa shape index (κ1) is 11.3. The highest BCUT2D eigenvalue weighted by atomic mass is 19.3. The first-order valence-electron chi connectivity index (χ1n) is 5.84. The predicted octanol–water partition coefficient (Wildman–Crippen LogP) is 1.71. The Kier molecular flexibility index (Phi) is 2.99. The number of hydrogen-bond acceptors (Lipinski definition) is 2. The summed E-state index contributed by atoms with van der Waals surface area (Å²) in [5, 5.41) is 3.29. The van der Waals surface area contributed by atoms with Gasteiger partial charge in [0.05, 0.1) is 0 Å². The lowest BCUT2D eigenvalue weighted by atomic mass is 9.94. The summed E-state index contributed by atoms with van der Waals surface area (Å²) in [6.45, 7) is 6.55. The quantitative estimate of drug-likeness (QED) is 0.666. The molecule has 2 saturated heterocycles. The molecule has 0 bridgehead atoms. The average molecular weight is 218 g/mol. The SMILES string of the molecule is C[C@@H]1CNCC2CC(F)(F)CCN2[C@@H]1C. The second-order valence-electron chi connectivity index (χ2n) is 5.08. The highest BCUT2D eigenvalue weighted by Gasteiger charge is 2.43. The lowest BCUT2D eigenvalue weighted by Crippen LogP contribution is -2.53. The molecule has 0 saturated carbocycles. The Morgan fingerprint density at radius 2 is 2.00 bits per heavy atom. The van der Waals surface area contributed by atoms with Crippen molar-refractivity contribution in [3.63, 3.8) is 0 Å². The fraction of sp³-hybridized carbons (Fsp3) is 1.00. The molecule has 88 valence electrons. The van der Waals surface area contributed by atoms with Crippen molar-refractivity contribution in [1.82, 2.24) is 10.2 Å². The molecule has 0 aliphatic carbocycles. The standard InChI is InChI=1S/C11H20F2N2/c1-8-6-14-7-10-5-11(12,13)3-4-15(10)9(8)2/h8-10,14H,3-7H2,1-2H3/t8-,9-,10?/m1/s1. The molecule has 1 unspecified atom stereocenters. The smallest absolute Gasteiger partial charge is 0.250 e. The maximum Gasteiger partial charge on any atom is 0.250 e. The van der Waals surface area contributed by atoms with Gasteiger partial charge in [-0.15, -0.1) is 0 Å². The topological polar surface area (TPSA) is 15.3 Å². The number of hydrogen-bond donors (Lipinski definition) is 1. The number of piperidine rings is 1. The van der Waals surface area contributed by atoms with E-state index in [1.165, 1.54) is 0 Å². The molecule has 2 aliphatic heterocycles. The molecule has 2 rings (SSSR count). The Hall–Kier alpha value is -0.220. The van der Waals surface area contributed by atoms with Gasteiger partial charge in [0.25, 0.3) is 5.92 Å². The number of rotatable bonds is 0. The minimum Gasteiger partial charge on any atom is -0.315 e. The fourth-order valence-electron chi connectivity index (χ4n) is 2.74. The first-order chi connectivity index (χ1) is 6.99. The molecule has 2 fully saturated rings. The van der Waals surface area contributed by atoms with Gasteiger partial charge in [-0.2, -0.15) is 0 Å². The summed E-state index contributed by atoms with van der Waals surface area (Å²) in [5.41, 5.74) is 0. The molecule has 0 amide bonds. The summed E-state index contributed by atoms with van der Waals surface area (Å²) < 4.78 is 26.6. The summed E-state index contributed by atoms with van der Waals surface area (Å²) in [6, 6.07) is 0.440. The summed E-state index contributed by atoms with van der Waals surface area (Å²) in [6.07, 6.45) is 0.0532. The number of nitrogens with zero attached hydrogens (tertiary/aromatic N) is 1. The normalized spacial score (nSPS) is 42.0. The molecule has 0 spiro atoms. The van der Waals surface area contributed by atoms with E-state index in [2.05, 4.69) is 24.1 Å². The van der Waals surface area contributed by atoms with Gasteiger partial charge in [-0.25, -0.2) is 8.78 Å². The van der Waals surface area contributed by atoms with E-state index >= 15 is 0 Å². The van der Waals surface area contributed by atoms with Crippen molar-refractivity contribution in [2.45, 2.75) is 44.7 Å². The molecular weight excluding hydrogens is 198 g/mol. The van der Waals surface area contributed by atoms with Crippen LogP contribution in [0.3, 0.4) is 0 Å². The third-order valence-electron chi connectivity index (χ3n) is 3.93. The Morgan fingerprint density at radius 3 is 2.73 bits per heavy atom. The molecule has 15 heavy (non-hydrogen) atoms. The molecule has 0 aromatic heterocycles. The van der Waals surface area contributed by atoms with E-state index in [1.54, 1.807) is 0 Å². The lowest BCUT2D eigenvalue weighted by molar-refractivity contribution is -0.0859. The highest BCUT2D eigenvalue weighted by molar-refractivity contribution is 4.93. The fourth-order valence-corrected chi connectivity index (χ4v) is 2.74. The van der Waals surface area contributed by atoms with Crippen LogP contribution in [0.2, 0.25) is 0 Å². The predicted molar refractivity (Wildman–Crippen MR) is 56.2 cm³/mol. The Balaban J connectivity index is 2.09. The van der Waals surface area contributed by atoms with E-state index in [0.29, 0.717) is 25.0 Å². The van der Waals surface area contributed by atoms with Crippen LogP contribution in [0, 0.1) is 5.92 Å². The van der Waals surface area contributed by atoms with Crippen molar-refractivity contribution in [3.05, 3.63) is 0 Å². The minimum absolute atomic E-state index is 0.0219. The van der Waals surface area contributed by atoms with Gasteiger partial charge in [-0.05, 0) is 19.4 Å². The molecule has 2 nitrogen and oxygen atoms in total. The number of fused-ring (bicyclic) bond motifs is 1. The van der Waals surface area contributed by atoms with Crippen molar-refractivity contribution >= 4 is 0 Å². The number of nitrogens with one attached hydrogen (secondary N) is 1. The summed E-state index contributed by atoms with van der Waals surface area (Å²) in [7, 11) is 0. The van der Waals surface area contributed by atoms with Gasteiger partial charge >= 0.3 is 0 Å². The van der Waals surface area contributed by atoms with Crippen LogP contribution in [0.25, 0.3) is 0 Å². The van der Waals surface area contributed by atoms with Crippen LogP contribution in [0.5, 0.6) is 0 Å². The second-order valence-corrected chi connectivity index (χ2v) is 5.08. The average Bonchev–Trinajstić information content (AvgIpc) is 2.26. The van der Waals surface area contributed by atoms with E-state index in [9.17, 15) is 8.78 Å². The third kappa shape index (κ3) is 2.31. The monoisotopic (exact) mass is 218 g/mol. The van der Waals surface area contributed by atoms with E-state index in [1.807, 2.05) is 0 Å². The molecule has 0 radical (unpaired) electrons. The van der Waals surface area contributed by atoms with Gasteiger partial charge < -0.3 is 5.32 Å². The van der Waals surface area contributed by atoms with Gasteiger partial charge in [0.1, 0.15) is 0 Å². The number of halogens is 2. The largest absolute Gasteiger partial charge is 0.315 e. The van der Waals surface area contributed by atoms with Crippen LogP contribution in [-0.4, -0.2) is 42.5 Å². The van der Waals surface area contributed by atoms with Crippen molar-refractivity contribution < 1.29 is 8.78 Å². The summed E-state index contributed by atoms with van der Waals surface area (Å²) >= 11 is 0. The summed E-state index contributed by atoms with van der Waals surface area (Å²) in [4.78, 5) is 2.27.